The molecule has 2 N–H and O–H groups in total. The molecule has 0 aliphatic heterocycles. The SMILES string of the molecule is CC(C(=O)O)=C(C)C(=O)NCCCOCc1ccccc1. The molecule has 114 valence electrons. The van der Waals surface area contributed by atoms with E-state index in [2.05, 4.69) is 5.32 Å². The van der Waals surface area contributed by atoms with E-state index in [0.29, 0.717) is 26.2 Å². The van der Waals surface area contributed by atoms with Gasteiger partial charge in [0.2, 0.25) is 5.91 Å². The Morgan fingerprint density at radius 1 is 1.14 bits per heavy atom. The maximum absolute atomic E-state index is 11.7. The van der Waals surface area contributed by atoms with Crippen LogP contribution in [0.25, 0.3) is 0 Å². The van der Waals surface area contributed by atoms with Gasteiger partial charge in [-0.1, -0.05) is 30.3 Å². The molecular weight excluding hydrogens is 270 g/mol. The van der Waals surface area contributed by atoms with E-state index in [-0.39, 0.29) is 17.1 Å². The molecule has 0 heterocycles. The van der Waals surface area contributed by atoms with E-state index in [1.54, 1.807) is 0 Å². The molecule has 0 aliphatic carbocycles. The van der Waals surface area contributed by atoms with Gasteiger partial charge in [0, 0.05) is 24.3 Å². The Morgan fingerprint density at radius 3 is 2.43 bits per heavy atom. The highest BCUT2D eigenvalue weighted by molar-refractivity contribution is 6.01. The summed E-state index contributed by atoms with van der Waals surface area (Å²) in [6.45, 7) is 4.46. The zero-order valence-electron chi connectivity index (χ0n) is 12.4. The van der Waals surface area contributed by atoms with Gasteiger partial charge in [0.1, 0.15) is 0 Å². The highest BCUT2D eigenvalue weighted by atomic mass is 16.5. The lowest BCUT2D eigenvalue weighted by Gasteiger charge is -2.07. The third kappa shape index (κ3) is 6.23. The third-order valence-corrected chi connectivity index (χ3v) is 3.09. The normalized spacial score (nSPS) is 11.7. The van der Waals surface area contributed by atoms with E-state index in [1.807, 2.05) is 30.3 Å². The number of nitrogens with one attached hydrogen (secondary N) is 1. The number of hydrogen-bond acceptors (Lipinski definition) is 3. The van der Waals surface area contributed by atoms with Crippen LogP contribution in [0.3, 0.4) is 0 Å². The molecule has 1 aromatic carbocycles. The summed E-state index contributed by atoms with van der Waals surface area (Å²) in [5.74, 6) is -1.42. The minimum absolute atomic E-state index is 0.0628. The van der Waals surface area contributed by atoms with Gasteiger partial charge in [-0.25, -0.2) is 4.79 Å². The fourth-order valence-electron chi connectivity index (χ4n) is 1.60. The third-order valence-electron chi connectivity index (χ3n) is 3.09. The van der Waals surface area contributed by atoms with Crippen molar-refractivity contribution in [3.05, 3.63) is 47.0 Å². The Labute approximate surface area is 124 Å². The van der Waals surface area contributed by atoms with E-state index in [4.69, 9.17) is 9.84 Å². The molecule has 1 amide bonds. The van der Waals surface area contributed by atoms with Crippen LogP contribution in [0, 0.1) is 0 Å². The first-order valence-electron chi connectivity index (χ1n) is 6.83. The second kappa shape index (κ2) is 8.92. The van der Waals surface area contributed by atoms with Crippen LogP contribution < -0.4 is 5.32 Å². The molecule has 0 aliphatic rings. The number of carbonyl (C=O) groups is 2. The van der Waals surface area contributed by atoms with Crippen LogP contribution in [0.2, 0.25) is 0 Å². The standard InChI is InChI=1S/C16H21NO4/c1-12(13(2)16(19)20)15(18)17-9-6-10-21-11-14-7-4-3-5-8-14/h3-5,7-8H,6,9-11H2,1-2H3,(H,17,18)(H,19,20). The van der Waals surface area contributed by atoms with Crippen LogP contribution in [0.4, 0.5) is 0 Å². The second-order valence-electron chi connectivity index (χ2n) is 4.70. The molecule has 1 aromatic rings. The van der Waals surface area contributed by atoms with Crippen LogP contribution in [0.5, 0.6) is 0 Å². The molecule has 0 fully saturated rings. The van der Waals surface area contributed by atoms with E-state index in [1.165, 1.54) is 13.8 Å². The van der Waals surface area contributed by atoms with Gasteiger partial charge in [-0.05, 0) is 25.8 Å². The number of hydrogen-bond donors (Lipinski definition) is 2. The summed E-state index contributed by atoms with van der Waals surface area (Å²) in [4.78, 5) is 22.4. The summed E-state index contributed by atoms with van der Waals surface area (Å²) in [6.07, 6.45) is 0.679. The first-order valence-corrected chi connectivity index (χ1v) is 6.83. The number of aliphatic carboxylic acids is 1. The molecule has 0 bridgehead atoms. The Balaban J connectivity index is 2.18. The number of benzene rings is 1. The highest BCUT2D eigenvalue weighted by Gasteiger charge is 2.11. The Hall–Kier alpha value is -2.14. The minimum atomic E-state index is -1.08. The number of amides is 1. The van der Waals surface area contributed by atoms with E-state index >= 15 is 0 Å². The molecule has 5 nitrogen and oxygen atoms in total. The average molecular weight is 291 g/mol. The Morgan fingerprint density at radius 2 is 1.81 bits per heavy atom. The maximum atomic E-state index is 11.7. The molecular formula is C16H21NO4. The van der Waals surface area contributed by atoms with Gasteiger partial charge >= 0.3 is 5.97 Å². The zero-order chi connectivity index (χ0) is 15.7. The van der Waals surface area contributed by atoms with E-state index in [0.717, 1.165) is 5.56 Å². The number of rotatable bonds is 8. The van der Waals surface area contributed by atoms with Gasteiger partial charge in [0.05, 0.1) is 6.61 Å². The molecule has 0 saturated heterocycles. The minimum Gasteiger partial charge on any atom is -0.478 e. The summed E-state index contributed by atoms with van der Waals surface area (Å²) in [6, 6.07) is 9.85. The van der Waals surface area contributed by atoms with Gasteiger partial charge in [-0.2, -0.15) is 0 Å². The molecule has 1 rings (SSSR count). The molecule has 5 heteroatoms. The van der Waals surface area contributed by atoms with Crippen molar-refractivity contribution >= 4 is 11.9 Å². The largest absolute Gasteiger partial charge is 0.478 e. The molecule has 0 aromatic heterocycles. The van der Waals surface area contributed by atoms with Crippen molar-refractivity contribution in [2.45, 2.75) is 26.9 Å². The van der Waals surface area contributed by atoms with Crippen molar-refractivity contribution in [1.29, 1.82) is 0 Å². The molecule has 0 atom stereocenters. The highest BCUT2D eigenvalue weighted by Crippen LogP contribution is 2.03. The quantitative estimate of drug-likeness (QED) is 0.568. The molecule has 0 unspecified atom stereocenters. The lowest BCUT2D eigenvalue weighted by molar-refractivity contribution is -0.133. The van der Waals surface area contributed by atoms with Gasteiger partial charge in [0.25, 0.3) is 0 Å². The predicted molar refractivity (Wildman–Crippen MR) is 79.7 cm³/mol. The fourth-order valence-corrected chi connectivity index (χ4v) is 1.60. The van der Waals surface area contributed by atoms with Gasteiger partial charge < -0.3 is 15.2 Å². The van der Waals surface area contributed by atoms with Gasteiger partial charge in [-0.3, -0.25) is 4.79 Å². The number of carbonyl (C=O) groups excluding carboxylic acids is 1. The summed E-state index contributed by atoms with van der Waals surface area (Å²) >= 11 is 0. The number of carboxylic acid groups (broad SMARTS) is 1. The zero-order valence-corrected chi connectivity index (χ0v) is 12.4. The van der Waals surface area contributed by atoms with Crippen LogP contribution in [-0.2, 0) is 20.9 Å². The molecule has 0 spiro atoms. The van der Waals surface area contributed by atoms with Crippen molar-refractivity contribution in [2.75, 3.05) is 13.2 Å². The average Bonchev–Trinajstić information content (AvgIpc) is 2.49. The van der Waals surface area contributed by atoms with Gasteiger partial charge in [-0.15, -0.1) is 0 Å². The molecule has 21 heavy (non-hydrogen) atoms. The van der Waals surface area contributed by atoms with Gasteiger partial charge in [0.15, 0.2) is 0 Å². The first kappa shape index (κ1) is 16.9. The van der Waals surface area contributed by atoms with Crippen molar-refractivity contribution in [3.63, 3.8) is 0 Å². The van der Waals surface area contributed by atoms with Crippen molar-refractivity contribution in [2.24, 2.45) is 0 Å². The molecule has 0 radical (unpaired) electrons. The lowest BCUT2D eigenvalue weighted by Crippen LogP contribution is -2.27. The fraction of sp³-hybridized carbons (Fsp3) is 0.375. The van der Waals surface area contributed by atoms with Crippen LogP contribution in [-0.4, -0.2) is 30.1 Å². The number of ether oxygens (including phenoxy) is 1. The Kier molecular flexibility index (Phi) is 7.18. The summed E-state index contributed by atoms with van der Waals surface area (Å²) in [5, 5.41) is 11.5. The van der Waals surface area contributed by atoms with Crippen molar-refractivity contribution < 1.29 is 19.4 Å². The first-order chi connectivity index (χ1) is 10.0. The lowest BCUT2D eigenvalue weighted by atomic mass is 10.1. The van der Waals surface area contributed by atoms with Crippen LogP contribution >= 0.6 is 0 Å². The maximum Gasteiger partial charge on any atom is 0.331 e. The summed E-state index contributed by atoms with van der Waals surface area (Å²) < 4.78 is 5.49. The molecule has 0 saturated carbocycles. The van der Waals surface area contributed by atoms with Crippen molar-refractivity contribution in [1.82, 2.24) is 5.32 Å². The summed E-state index contributed by atoms with van der Waals surface area (Å²) in [5.41, 5.74) is 1.40. The number of carboxylic acids is 1. The topological polar surface area (TPSA) is 75.6 Å². The monoisotopic (exact) mass is 291 g/mol. The van der Waals surface area contributed by atoms with Crippen LogP contribution in [0.15, 0.2) is 41.5 Å². The van der Waals surface area contributed by atoms with Crippen molar-refractivity contribution in [3.8, 4) is 0 Å². The predicted octanol–water partition coefficient (Wildman–Crippen LogP) is 2.13. The van der Waals surface area contributed by atoms with E-state index in [9.17, 15) is 9.59 Å². The smallest absolute Gasteiger partial charge is 0.331 e. The Bertz CT molecular complexity index is 508. The van der Waals surface area contributed by atoms with E-state index < -0.39 is 5.97 Å². The second-order valence-corrected chi connectivity index (χ2v) is 4.70. The summed E-state index contributed by atoms with van der Waals surface area (Å²) in [7, 11) is 0. The van der Waals surface area contributed by atoms with Crippen LogP contribution in [0.1, 0.15) is 25.8 Å².